The SMILES string of the molecule is Cn1cnc(C(=O)N(CCC(N)=NO)C2CC2)c1. The molecule has 0 aromatic carbocycles. The zero-order valence-electron chi connectivity index (χ0n) is 10.3. The molecule has 1 amide bonds. The number of aromatic nitrogens is 2. The van der Waals surface area contributed by atoms with E-state index in [4.69, 9.17) is 10.9 Å². The monoisotopic (exact) mass is 251 g/mol. The van der Waals surface area contributed by atoms with Gasteiger partial charge in [0.2, 0.25) is 0 Å². The highest BCUT2D eigenvalue weighted by Gasteiger charge is 2.33. The number of oxime groups is 1. The molecule has 2 rings (SSSR count). The maximum Gasteiger partial charge on any atom is 0.274 e. The van der Waals surface area contributed by atoms with Gasteiger partial charge in [-0.05, 0) is 12.8 Å². The smallest absolute Gasteiger partial charge is 0.274 e. The van der Waals surface area contributed by atoms with Crippen molar-refractivity contribution in [2.45, 2.75) is 25.3 Å². The molecule has 1 aliphatic rings. The fraction of sp³-hybridized carbons (Fsp3) is 0.545. The Balaban J connectivity index is 2.03. The van der Waals surface area contributed by atoms with Crippen LogP contribution in [-0.2, 0) is 7.05 Å². The van der Waals surface area contributed by atoms with Crippen LogP contribution in [0.25, 0.3) is 0 Å². The van der Waals surface area contributed by atoms with E-state index in [1.165, 1.54) is 0 Å². The molecule has 3 N–H and O–H groups in total. The minimum Gasteiger partial charge on any atom is -0.409 e. The molecular formula is C11H17N5O2. The molecule has 1 heterocycles. The van der Waals surface area contributed by atoms with Gasteiger partial charge in [0.25, 0.3) is 5.91 Å². The first-order chi connectivity index (χ1) is 8.61. The lowest BCUT2D eigenvalue weighted by atomic mass is 10.3. The molecule has 1 fully saturated rings. The van der Waals surface area contributed by atoms with Crippen molar-refractivity contribution >= 4 is 11.7 Å². The minimum absolute atomic E-state index is 0.0937. The average Bonchev–Trinajstić information content (AvgIpc) is 3.10. The highest BCUT2D eigenvalue weighted by Crippen LogP contribution is 2.28. The highest BCUT2D eigenvalue weighted by molar-refractivity contribution is 5.93. The van der Waals surface area contributed by atoms with Crippen molar-refractivity contribution in [1.29, 1.82) is 0 Å². The van der Waals surface area contributed by atoms with Crippen molar-refractivity contribution in [1.82, 2.24) is 14.5 Å². The summed E-state index contributed by atoms with van der Waals surface area (Å²) in [6.07, 6.45) is 5.68. The zero-order chi connectivity index (χ0) is 13.1. The van der Waals surface area contributed by atoms with Crippen molar-refractivity contribution in [3.8, 4) is 0 Å². The van der Waals surface area contributed by atoms with Crippen molar-refractivity contribution in [3.63, 3.8) is 0 Å². The summed E-state index contributed by atoms with van der Waals surface area (Å²) in [6, 6.07) is 0.269. The van der Waals surface area contributed by atoms with E-state index in [0.29, 0.717) is 18.7 Å². The minimum atomic E-state index is -0.0937. The van der Waals surface area contributed by atoms with Crippen LogP contribution < -0.4 is 5.73 Å². The molecule has 98 valence electrons. The Hall–Kier alpha value is -2.05. The van der Waals surface area contributed by atoms with Crippen molar-refractivity contribution in [3.05, 3.63) is 18.2 Å². The summed E-state index contributed by atoms with van der Waals surface area (Å²) in [5.41, 5.74) is 5.86. The van der Waals surface area contributed by atoms with Crippen LogP contribution in [0, 0.1) is 0 Å². The number of carbonyl (C=O) groups is 1. The van der Waals surface area contributed by atoms with E-state index < -0.39 is 0 Å². The van der Waals surface area contributed by atoms with E-state index in [0.717, 1.165) is 12.8 Å². The number of rotatable bonds is 5. The fourth-order valence-corrected chi connectivity index (χ4v) is 1.79. The lowest BCUT2D eigenvalue weighted by Crippen LogP contribution is -2.36. The molecule has 0 radical (unpaired) electrons. The molecule has 1 aromatic heterocycles. The van der Waals surface area contributed by atoms with E-state index in [1.54, 1.807) is 22.0 Å². The number of nitrogens with two attached hydrogens (primary N) is 1. The first-order valence-electron chi connectivity index (χ1n) is 5.87. The number of nitrogens with zero attached hydrogens (tertiary/aromatic N) is 4. The molecule has 0 spiro atoms. The van der Waals surface area contributed by atoms with Crippen molar-refractivity contribution in [2.75, 3.05) is 6.54 Å². The molecule has 0 bridgehead atoms. The number of amides is 1. The number of amidine groups is 1. The molecule has 1 saturated carbocycles. The number of aryl methyl sites for hydroxylation is 1. The van der Waals surface area contributed by atoms with Crippen LogP contribution >= 0.6 is 0 Å². The largest absolute Gasteiger partial charge is 0.409 e. The molecule has 7 nitrogen and oxygen atoms in total. The topological polar surface area (TPSA) is 96.7 Å². The summed E-state index contributed by atoms with van der Waals surface area (Å²) in [6.45, 7) is 0.454. The number of hydrogen-bond donors (Lipinski definition) is 2. The number of imidazole rings is 1. The Morgan fingerprint density at radius 2 is 2.44 bits per heavy atom. The molecule has 1 aliphatic carbocycles. The number of hydrogen-bond acceptors (Lipinski definition) is 4. The lowest BCUT2D eigenvalue weighted by Gasteiger charge is -2.20. The Morgan fingerprint density at radius 1 is 1.72 bits per heavy atom. The zero-order valence-corrected chi connectivity index (χ0v) is 10.3. The van der Waals surface area contributed by atoms with E-state index in [2.05, 4.69) is 10.1 Å². The van der Waals surface area contributed by atoms with Gasteiger partial charge in [0.1, 0.15) is 11.5 Å². The Bertz CT molecular complexity index is 464. The first-order valence-corrected chi connectivity index (χ1v) is 5.87. The second-order valence-corrected chi connectivity index (χ2v) is 4.50. The molecule has 0 aliphatic heterocycles. The summed E-state index contributed by atoms with van der Waals surface area (Å²) < 4.78 is 1.74. The average molecular weight is 251 g/mol. The van der Waals surface area contributed by atoms with E-state index >= 15 is 0 Å². The van der Waals surface area contributed by atoms with Gasteiger partial charge in [-0.15, -0.1) is 0 Å². The molecular weight excluding hydrogens is 234 g/mol. The Morgan fingerprint density at radius 3 is 2.94 bits per heavy atom. The van der Waals surface area contributed by atoms with Crippen LogP contribution in [0.5, 0.6) is 0 Å². The van der Waals surface area contributed by atoms with Crippen LogP contribution in [-0.4, -0.2) is 44.0 Å². The molecule has 7 heteroatoms. The second kappa shape index (κ2) is 5.07. The van der Waals surface area contributed by atoms with Gasteiger partial charge in [-0.1, -0.05) is 5.16 Å². The normalized spacial score (nSPS) is 15.7. The third-order valence-corrected chi connectivity index (χ3v) is 2.91. The van der Waals surface area contributed by atoms with Crippen molar-refractivity contribution < 1.29 is 10.0 Å². The first kappa shape index (κ1) is 12.4. The maximum atomic E-state index is 12.2. The quantitative estimate of drug-likeness (QED) is 0.337. The van der Waals surface area contributed by atoms with E-state index in [-0.39, 0.29) is 17.8 Å². The van der Waals surface area contributed by atoms with Crippen LogP contribution in [0.3, 0.4) is 0 Å². The molecule has 1 aromatic rings. The summed E-state index contributed by atoms with van der Waals surface area (Å²) in [4.78, 5) is 18.1. The third kappa shape index (κ3) is 2.79. The Labute approximate surface area is 105 Å². The number of carbonyl (C=O) groups excluding carboxylic acids is 1. The fourth-order valence-electron chi connectivity index (χ4n) is 1.79. The van der Waals surface area contributed by atoms with Gasteiger partial charge < -0.3 is 20.4 Å². The summed E-state index contributed by atoms with van der Waals surface area (Å²) >= 11 is 0. The predicted molar refractivity (Wildman–Crippen MR) is 65.3 cm³/mol. The van der Waals surface area contributed by atoms with Gasteiger partial charge in [-0.2, -0.15) is 0 Å². The summed E-state index contributed by atoms with van der Waals surface area (Å²) in [7, 11) is 1.82. The van der Waals surface area contributed by atoms with Gasteiger partial charge in [0.05, 0.1) is 6.33 Å². The molecule has 18 heavy (non-hydrogen) atoms. The van der Waals surface area contributed by atoms with Gasteiger partial charge in [-0.3, -0.25) is 4.79 Å². The second-order valence-electron chi connectivity index (χ2n) is 4.50. The molecule has 0 saturated heterocycles. The third-order valence-electron chi connectivity index (χ3n) is 2.91. The summed E-state index contributed by atoms with van der Waals surface area (Å²) in [5.74, 6) is 0.0401. The summed E-state index contributed by atoms with van der Waals surface area (Å²) in [5, 5.41) is 11.4. The lowest BCUT2D eigenvalue weighted by molar-refractivity contribution is 0.0742. The van der Waals surface area contributed by atoms with Crippen LogP contribution in [0.2, 0.25) is 0 Å². The predicted octanol–water partition coefficient (Wildman–Crippen LogP) is 0.161. The maximum absolute atomic E-state index is 12.2. The van der Waals surface area contributed by atoms with Gasteiger partial charge in [-0.25, -0.2) is 4.98 Å². The van der Waals surface area contributed by atoms with Crippen LogP contribution in [0.15, 0.2) is 17.7 Å². The van der Waals surface area contributed by atoms with E-state index in [9.17, 15) is 4.79 Å². The van der Waals surface area contributed by atoms with Gasteiger partial charge in [0.15, 0.2) is 0 Å². The van der Waals surface area contributed by atoms with Gasteiger partial charge in [0, 0.05) is 32.3 Å². The van der Waals surface area contributed by atoms with E-state index in [1.807, 2.05) is 7.05 Å². The Kier molecular flexibility index (Phi) is 3.50. The highest BCUT2D eigenvalue weighted by atomic mass is 16.4. The molecule has 0 atom stereocenters. The van der Waals surface area contributed by atoms with Gasteiger partial charge >= 0.3 is 0 Å². The van der Waals surface area contributed by atoms with Crippen LogP contribution in [0.1, 0.15) is 29.8 Å². The molecule has 0 unspecified atom stereocenters. The standard InChI is InChI=1S/C11H17N5O2/c1-15-6-9(13-7-15)11(17)16(8-2-3-8)5-4-10(12)14-18/h6-8,18H,2-5H2,1H3,(H2,12,14). The van der Waals surface area contributed by atoms with Crippen molar-refractivity contribution in [2.24, 2.45) is 17.9 Å². The van der Waals surface area contributed by atoms with Crippen LogP contribution in [0.4, 0.5) is 0 Å².